The van der Waals surface area contributed by atoms with Crippen molar-refractivity contribution in [2.24, 2.45) is 0 Å². The number of ether oxygens (including phenoxy) is 1. The van der Waals surface area contributed by atoms with E-state index in [0.717, 1.165) is 34.4 Å². The number of halogens is 1. The number of carbonyl (C=O) groups excluding carboxylic acids is 1. The van der Waals surface area contributed by atoms with Crippen LogP contribution in [-0.2, 0) is 0 Å². The molecule has 16 heavy (non-hydrogen) atoms. The van der Waals surface area contributed by atoms with E-state index >= 15 is 0 Å². The summed E-state index contributed by atoms with van der Waals surface area (Å²) in [7, 11) is 0. The van der Waals surface area contributed by atoms with Gasteiger partial charge in [0.2, 0.25) is 0 Å². The molecule has 0 aliphatic rings. The summed E-state index contributed by atoms with van der Waals surface area (Å²) in [4.78, 5) is 10.7. The van der Waals surface area contributed by atoms with Crippen LogP contribution < -0.4 is 4.74 Å². The van der Waals surface area contributed by atoms with E-state index in [1.807, 2.05) is 23.9 Å². The van der Waals surface area contributed by atoms with Gasteiger partial charge in [-0.25, -0.2) is 0 Å². The van der Waals surface area contributed by atoms with E-state index in [9.17, 15) is 4.79 Å². The number of carbonyl (C=O) groups is 1. The normalized spacial score (nSPS) is 10.1. The van der Waals surface area contributed by atoms with E-state index < -0.39 is 0 Å². The van der Waals surface area contributed by atoms with E-state index in [1.165, 1.54) is 0 Å². The zero-order valence-corrected chi connectivity index (χ0v) is 11.6. The number of rotatable bonds is 7. The summed E-state index contributed by atoms with van der Waals surface area (Å²) >= 11 is 5.21. The van der Waals surface area contributed by atoms with Crippen LogP contribution in [0.5, 0.6) is 5.75 Å². The van der Waals surface area contributed by atoms with Crippen molar-refractivity contribution in [3.63, 3.8) is 0 Å². The van der Waals surface area contributed by atoms with Crippen LogP contribution in [0.3, 0.4) is 0 Å². The van der Waals surface area contributed by atoms with Crippen LogP contribution in [0.15, 0.2) is 22.7 Å². The van der Waals surface area contributed by atoms with Crippen LogP contribution in [0.25, 0.3) is 0 Å². The van der Waals surface area contributed by atoms with E-state index in [-0.39, 0.29) is 0 Å². The predicted octanol–water partition coefficient (Wildman–Crippen LogP) is 3.78. The maximum Gasteiger partial charge on any atom is 0.151 e. The molecule has 0 aliphatic heterocycles. The molecule has 4 heteroatoms. The maximum atomic E-state index is 10.7. The summed E-state index contributed by atoms with van der Waals surface area (Å²) in [5.74, 6) is 3.02. The molecule has 88 valence electrons. The number of hydrogen-bond donors (Lipinski definition) is 0. The molecule has 0 amide bonds. The molecule has 1 aromatic rings. The Balaban J connectivity index is 2.39. The summed E-state index contributed by atoms with van der Waals surface area (Å²) in [5.41, 5.74) is 0.625. The van der Waals surface area contributed by atoms with E-state index in [2.05, 4.69) is 22.9 Å². The number of hydrogen-bond acceptors (Lipinski definition) is 3. The van der Waals surface area contributed by atoms with Crippen LogP contribution in [0.4, 0.5) is 0 Å². The van der Waals surface area contributed by atoms with Gasteiger partial charge in [0, 0.05) is 10.0 Å². The fraction of sp³-hybridized carbons (Fsp3) is 0.417. The van der Waals surface area contributed by atoms with Gasteiger partial charge in [0.05, 0.1) is 6.61 Å². The Bertz CT molecular complexity index is 342. The molecule has 0 saturated heterocycles. The SMILES string of the molecule is CCSCCCOc1ccc(Br)c(C=O)c1. The first-order valence-electron chi connectivity index (χ1n) is 5.23. The minimum atomic E-state index is 0.625. The fourth-order valence-corrected chi connectivity index (χ4v) is 2.15. The molecule has 0 N–H and O–H groups in total. The average molecular weight is 303 g/mol. The fourth-order valence-electron chi connectivity index (χ4n) is 1.20. The van der Waals surface area contributed by atoms with Crippen LogP contribution in [0.1, 0.15) is 23.7 Å². The van der Waals surface area contributed by atoms with Gasteiger partial charge in [-0.05, 0) is 36.1 Å². The van der Waals surface area contributed by atoms with Crippen molar-refractivity contribution in [3.8, 4) is 5.75 Å². The van der Waals surface area contributed by atoms with Gasteiger partial charge in [-0.2, -0.15) is 11.8 Å². The van der Waals surface area contributed by atoms with Gasteiger partial charge in [0.1, 0.15) is 5.75 Å². The van der Waals surface area contributed by atoms with Gasteiger partial charge >= 0.3 is 0 Å². The average Bonchev–Trinajstić information content (AvgIpc) is 2.31. The molecule has 0 heterocycles. The quantitative estimate of drug-likeness (QED) is 0.566. The van der Waals surface area contributed by atoms with Crippen molar-refractivity contribution >= 4 is 34.0 Å². The number of thioether (sulfide) groups is 1. The number of aldehydes is 1. The van der Waals surface area contributed by atoms with E-state index in [4.69, 9.17) is 4.74 Å². The first-order chi connectivity index (χ1) is 7.77. The van der Waals surface area contributed by atoms with Crippen molar-refractivity contribution in [3.05, 3.63) is 28.2 Å². The van der Waals surface area contributed by atoms with Crippen molar-refractivity contribution in [2.75, 3.05) is 18.1 Å². The Morgan fingerprint density at radius 1 is 1.50 bits per heavy atom. The molecule has 0 saturated carbocycles. The van der Waals surface area contributed by atoms with Gasteiger partial charge in [-0.15, -0.1) is 0 Å². The van der Waals surface area contributed by atoms with Gasteiger partial charge in [0.25, 0.3) is 0 Å². The zero-order chi connectivity index (χ0) is 11.8. The molecule has 0 aliphatic carbocycles. The molecular formula is C12H15BrO2S. The lowest BCUT2D eigenvalue weighted by atomic mass is 10.2. The van der Waals surface area contributed by atoms with Gasteiger partial charge < -0.3 is 4.74 Å². The smallest absolute Gasteiger partial charge is 0.151 e. The third kappa shape index (κ3) is 4.58. The topological polar surface area (TPSA) is 26.3 Å². The summed E-state index contributed by atoms with van der Waals surface area (Å²) < 4.78 is 6.36. The van der Waals surface area contributed by atoms with E-state index in [1.54, 1.807) is 6.07 Å². The molecule has 0 spiro atoms. The second kappa shape index (κ2) is 7.74. The Hall–Kier alpha value is -0.480. The second-order valence-electron chi connectivity index (χ2n) is 3.20. The molecule has 0 fully saturated rings. The van der Waals surface area contributed by atoms with Crippen LogP contribution in [0, 0.1) is 0 Å². The summed E-state index contributed by atoms with van der Waals surface area (Å²) in [5, 5.41) is 0. The summed E-state index contributed by atoms with van der Waals surface area (Å²) in [6.07, 6.45) is 1.86. The van der Waals surface area contributed by atoms with Crippen LogP contribution >= 0.6 is 27.7 Å². The highest BCUT2D eigenvalue weighted by Gasteiger charge is 2.01. The summed E-state index contributed by atoms with van der Waals surface area (Å²) in [6, 6.07) is 5.45. The Morgan fingerprint density at radius 2 is 2.31 bits per heavy atom. The molecule has 0 atom stereocenters. The van der Waals surface area contributed by atoms with E-state index in [0.29, 0.717) is 12.2 Å². The molecular weight excluding hydrogens is 288 g/mol. The standard InChI is InChI=1S/C12H15BrO2S/c1-2-16-7-3-6-15-11-4-5-12(13)10(8-11)9-14/h4-5,8-9H,2-3,6-7H2,1H3. The predicted molar refractivity (Wildman–Crippen MR) is 72.6 cm³/mol. The second-order valence-corrected chi connectivity index (χ2v) is 5.45. The highest BCUT2D eigenvalue weighted by molar-refractivity contribution is 9.10. The largest absolute Gasteiger partial charge is 0.494 e. The van der Waals surface area contributed by atoms with Crippen LogP contribution in [-0.4, -0.2) is 24.4 Å². The van der Waals surface area contributed by atoms with Crippen molar-refractivity contribution in [1.82, 2.24) is 0 Å². The third-order valence-corrected chi connectivity index (χ3v) is 3.71. The molecule has 0 aromatic heterocycles. The lowest BCUT2D eigenvalue weighted by molar-refractivity contribution is 0.112. The van der Waals surface area contributed by atoms with Crippen molar-refractivity contribution in [2.45, 2.75) is 13.3 Å². The Kier molecular flexibility index (Phi) is 6.57. The third-order valence-electron chi connectivity index (χ3n) is 2.00. The summed E-state index contributed by atoms with van der Waals surface area (Å²) in [6.45, 7) is 2.85. The maximum absolute atomic E-state index is 10.7. The zero-order valence-electron chi connectivity index (χ0n) is 9.24. The highest BCUT2D eigenvalue weighted by atomic mass is 79.9. The minimum Gasteiger partial charge on any atom is -0.494 e. The lowest BCUT2D eigenvalue weighted by Gasteiger charge is -2.06. The molecule has 0 unspecified atom stereocenters. The Labute approximate surface area is 109 Å². The van der Waals surface area contributed by atoms with Gasteiger partial charge in [0.15, 0.2) is 6.29 Å². The van der Waals surface area contributed by atoms with Crippen molar-refractivity contribution in [1.29, 1.82) is 0 Å². The Morgan fingerprint density at radius 3 is 3.00 bits per heavy atom. The monoisotopic (exact) mass is 302 g/mol. The molecule has 0 radical (unpaired) electrons. The van der Waals surface area contributed by atoms with Gasteiger partial charge in [-0.3, -0.25) is 4.79 Å². The lowest BCUT2D eigenvalue weighted by Crippen LogP contribution is -1.99. The molecule has 0 bridgehead atoms. The molecule has 1 aromatic carbocycles. The van der Waals surface area contributed by atoms with Crippen LogP contribution in [0.2, 0.25) is 0 Å². The minimum absolute atomic E-state index is 0.625. The first kappa shape index (κ1) is 13.6. The first-order valence-corrected chi connectivity index (χ1v) is 7.18. The van der Waals surface area contributed by atoms with Gasteiger partial charge in [-0.1, -0.05) is 22.9 Å². The number of benzene rings is 1. The highest BCUT2D eigenvalue weighted by Crippen LogP contribution is 2.21. The van der Waals surface area contributed by atoms with Crippen molar-refractivity contribution < 1.29 is 9.53 Å². The molecule has 1 rings (SSSR count). The molecule has 2 nitrogen and oxygen atoms in total.